The molecule has 110 valence electrons. The van der Waals surface area contributed by atoms with E-state index in [1.54, 1.807) is 0 Å². The topological polar surface area (TPSA) is 67.0 Å². The van der Waals surface area contributed by atoms with Gasteiger partial charge in [0.25, 0.3) is 0 Å². The molecule has 1 unspecified atom stereocenters. The van der Waals surface area contributed by atoms with Crippen LogP contribution in [0.15, 0.2) is 24.5 Å². The monoisotopic (exact) mass is 283 g/mol. The summed E-state index contributed by atoms with van der Waals surface area (Å²) in [5, 5.41) is 17.7. The molecule has 1 aliphatic heterocycles. The van der Waals surface area contributed by atoms with Gasteiger partial charge < -0.3 is 0 Å². The summed E-state index contributed by atoms with van der Waals surface area (Å²) in [5.74, 6) is -0.0172. The van der Waals surface area contributed by atoms with Crippen LogP contribution in [0.5, 0.6) is 0 Å². The Morgan fingerprint density at radius 1 is 1.10 bits per heavy atom. The second kappa shape index (κ2) is 8.36. The molecular formula is C16H21N5. The molecule has 21 heavy (non-hydrogen) atoms. The van der Waals surface area contributed by atoms with Gasteiger partial charge in [-0.15, -0.1) is 0 Å². The Balaban J connectivity index is 1.73. The smallest absolute Gasteiger partial charge is 0.0669 e. The highest BCUT2D eigenvalue weighted by molar-refractivity contribution is 5.09. The zero-order chi connectivity index (χ0) is 14.9. The second-order valence-electron chi connectivity index (χ2n) is 5.46. The van der Waals surface area contributed by atoms with Crippen molar-refractivity contribution < 1.29 is 0 Å². The highest BCUT2D eigenvalue weighted by Gasteiger charge is 2.19. The van der Waals surface area contributed by atoms with Crippen LogP contribution in [0.2, 0.25) is 0 Å². The average Bonchev–Trinajstić information content (AvgIpc) is 2.54. The molecule has 0 aromatic carbocycles. The largest absolute Gasteiger partial charge is 0.299 e. The molecule has 1 aromatic heterocycles. The first kappa shape index (κ1) is 15.4. The Morgan fingerprint density at radius 3 is 2.38 bits per heavy atom. The van der Waals surface area contributed by atoms with Crippen molar-refractivity contribution in [2.24, 2.45) is 5.92 Å². The zero-order valence-corrected chi connectivity index (χ0v) is 12.3. The number of rotatable bonds is 6. The fourth-order valence-corrected chi connectivity index (χ4v) is 2.62. The minimum absolute atomic E-state index is 0.0172. The van der Waals surface area contributed by atoms with Crippen molar-refractivity contribution in [2.75, 3.05) is 32.7 Å². The van der Waals surface area contributed by atoms with E-state index in [9.17, 15) is 0 Å². The Bertz CT molecular complexity index is 494. The maximum Gasteiger partial charge on any atom is 0.0669 e. The highest BCUT2D eigenvalue weighted by Crippen LogP contribution is 2.12. The van der Waals surface area contributed by atoms with Crippen LogP contribution in [0, 0.1) is 28.6 Å². The first-order valence-electron chi connectivity index (χ1n) is 7.42. The molecule has 0 radical (unpaired) electrons. The number of pyridine rings is 1. The fourth-order valence-electron chi connectivity index (χ4n) is 2.62. The SMILES string of the molecule is N#CCCC(C#N)CN1CCN(Cc2ccncc2)CC1. The maximum absolute atomic E-state index is 9.13. The molecule has 1 aromatic rings. The Morgan fingerprint density at radius 2 is 1.76 bits per heavy atom. The van der Waals surface area contributed by atoms with Gasteiger partial charge in [-0.05, 0) is 24.1 Å². The van der Waals surface area contributed by atoms with Crippen molar-refractivity contribution in [3.63, 3.8) is 0 Å². The van der Waals surface area contributed by atoms with Crippen molar-refractivity contribution in [2.45, 2.75) is 19.4 Å². The fraction of sp³-hybridized carbons (Fsp3) is 0.562. The molecule has 1 saturated heterocycles. The minimum Gasteiger partial charge on any atom is -0.299 e. The molecule has 1 atom stereocenters. The first-order chi connectivity index (χ1) is 10.3. The molecule has 0 spiro atoms. The van der Waals surface area contributed by atoms with Crippen LogP contribution in [-0.2, 0) is 6.54 Å². The Hall–Kier alpha value is -1.95. The summed E-state index contributed by atoms with van der Waals surface area (Å²) < 4.78 is 0. The lowest BCUT2D eigenvalue weighted by atomic mass is 10.0. The van der Waals surface area contributed by atoms with Gasteiger partial charge in [-0.1, -0.05) is 0 Å². The molecule has 5 nitrogen and oxygen atoms in total. The molecule has 2 heterocycles. The van der Waals surface area contributed by atoms with Crippen molar-refractivity contribution in [3.8, 4) is 12.1 Å². The predicted octanol–water partition coefficient (Wildman–Crippen LogP) is 1.64. The number of hydrogen-bond donors (Lipinski definition) is 0. The number of nitriles is 2. The Labute approximate surface area is 126 Å². The zero-order valence-electron chi connectivity index (χ0n) is 12.3. The normalized spacial score (nSPS) is 17.8. The quantitative estimate of drug-likeness (QED) is 0.794. The third-order valence-electron chi connectivity index (χ3n) is 3.89. The summed E-state index contributed by atoms with van der Waals surface area (Å²) in [6.45, 7) is 5.80. The van der Waals surface area contributed by atoms with Gasteiger partial charge in [0, 0.05) is 58.1 Å². The summed E-state index contributed by atoms with van der Waals surface area (Å²) in [4.78, 5) is 8.81. The summed E-state index contributed by atoms with van der Waals surface area (Å²) in [6.07, 6.45) is 4.82. The summed E-state index contributed by atoms with van der Waals surface area (Å²) in [5.41, 5.74) is 1.29. The van der Waals surface area contributed by atoms with Crippen molar-refractivity contribution >= 4 is 0 Å². The third-order valence-corrected chi connectivity index (χ3v) is 3.89. The maximum atomic E-state index is 9.13. The summed E-state index contributed by atoms with van der Waals surface area (Å²) >= 11 is 0. The predicted molar refractivity (Wildman–Crippen MR) is 79.9 cm³/mol. The molecule has 0 bridgehead atoms. The molecular weight excluding hydrogens is 262 g/mol. The van der Waals surface area contributed by atoms with Gasteiger partial charge in [0.05, 0.1) is 18.1 Å². The van der Waals surface area contributed by atoms with Crippen LogP contribution in [0.25, 0.3) is 0 Å². The van der Waals surface area contributed by atoms with E-state index in [0.717, 1.165) is 39.3 Å². The third kappa shape index (κ3) is 5.15. The lowest BCUT2D eigenvalue weighted by Gasteiger charge is -2.35. The van der Waals surface area contributed by atoms with Crippen LogP contribution in [-0.4, -0.2) is 47.5 Å². The van der Waals surface area contributed by atoms with E-state index < -0.39 is 0 Å². The van der Waals surface area contributed by atoms with Crippen LogP contribution >= 0.6 is 0 Å². The number of hydrogen-bond acceptors (Lipinski definition) is 5. The first-order valence-corrected chi connectivity index (χ1v) is 7.42. The van der Waals surface area contributed by atoms with E-state index in [4.69, 9.17) is 10.5 Å². The Kier molecular flexibility index (Phi) is 6.15. The van der Waals surface area contributed by atoms with Gasteiger partial charge in [-0.3, -0.25) is 14.8 Å². The van der Waals surface area contributed by atoms with E-state index in [-0.39, 0.29) is 5.92 Å². The van der Waals surface area contributed by atoms with Gasteiger partial charge in [0.1, 0.15) is 0 Å². The van der Waals surface area contributed by atoms with E-state index >= 15 is 0 Å². The average molecular weight is 283 g/mol. The molecule has 0 aliphatic carbocycles. The van der Waals surface area contributed by atoms with Gasteiger partial charge >= 0.3 is 0 Å². The van der Waals surface area contributed by atoms with Crippen LogP contribution in [0.3, 0.4) is 0 Å². The molecule has 0 N–H and O–H groups in total. The van der Waals surface area contributed by atoms with Crippen molar-refractivity contribution in [3.05, 3.63) is 30.1 Å². The second-order valence-corrected chi connectivity index (χ2v) is 5.46. The molecule has 1 fully saturated rings. The van der Waals surface area contributed by atoms with E-state index in [0.29, 0.717) is 12.8 Å². The summed E-state index contributed by atoms with van der Waals surface area (Å²) in [7, 11) is 0. The van der Waals surface area contributed by atoms with Gasteiger partial charge in [-0.2, -0.15) is 10.5 Å². The van der Waals surface area contributed by atoms with Gasteiger partial charge in [0.2, 0.25) is 0 Å². The minimum atomic E-state index is -0.0172. The molecule has 1 aliphatic rings. The molecule has 2 rings (SSSR count). The van der Waals surface area contributed by atoms with Crippen LogP contribution in [0.4, 0.5) is 0 Å². The van der Waals surface area contributed by atoms with Gasteiger partial charge in [-0.25, -0.2) is 0 Å². The highest BCUT2D eigenvalue weighted by atomic mass is 15.3. The van der Waals surface area contributed by atoms with E-state index in [1.165, 1.54) is 5.56 Å². The van der Waals surface area contributed by atoms with Crippen molar-refractivity contribution in [1.29, 1.82) is 10.5 Å². The standard InChI is InChI=1S/C16H21N5/c17-5-1-2-16(12-18)14-21-10-8-20(9-11-21)13-15-3-6-19-7-4-15/h3-4,6-7,16H,1-2,8-11,13-14H2. The lowest BCUT2D eigenvalue weighted by molar-refractivity contribution is 0.118. The molecule has 5 heteroatoms. The number of piperazine rings is 1. The lowest BCUT2D eigenvalue weighted by Crippen LogP contribution is -2.47. The van der Waals surface area contributed by atoms with Crippen molar-refractivity contribution in [1.82, 2.24) is 14.8 Å². The van der Waals surface area contributed by atoms with Crippen LogP contribution in [0.1, 0.15) is 18.4 Å². The molecule has 0 saturated carbocycles. The van der Waals surface area contributed by atoms with Gasteiger partial charge in [0.15, 0.2) is 0 Å². The number of nitrogens with zero attached hydrogens (tertiary/aromatic N) is 5. The summed E-state index contributed by atoms with van der Waals surface area (Å²) in [6, 6.07) is 8.55. The number of aromatic nitrogens is 1. The molecule has 0 amide bonds. The van der Waals surface area contributed by atoms with E-state index in [1.807, 2.05) is 12.4 Å². The van der Waals surface area contributed by atoms with Crippen LogP contribution < -0.4 is 0 Å². The van der Waals surface area contributed by atoms with E-state index in [2.05, 4.69) is 39.1 Å².